The Morgan fingerprint density at radius 1 is 0.893 bits per heavy atom. The first kappa shape index (κ1) is 19.3. The summed E-state index contributed by atoms with van der Waals surface area (Å²) in [5.41, 5.74) is 1.53. The zero-order valence-electron chi connectivity index (χ0n) is 15.9. The van der Waals surface area contributed by atoms with Crippen LogP contribution in [0.3, 0.4) is 0 Å². The van der Waals surface area contributed by atoms with Crippen molar-refractivity contribution < 1.29 is 23.9 Å². The van der Waals surface area contributed by atoms with Gasteiger partial charge in [-0.1, -0.05) is 49.0 Å². The number of allylic oxidation sites excluding steroid dienone is 2. The highest BCUT2D eigenvalue weighted by molar-refractivity contribution is 6.33. The van der Waals surface area contributed by atoms with Gasteiger partial charge in [-0.3, -0.25) is 4.79 Å². The van der Waals surface area contributed by atoms with Crippen molar-refractivity contribution in [2.24, 2.45) is 0 Å². The van der Waals surface area contributed by atoms with Crippen molar-refractivity contribution in [1.29, 1.82) is 0 Å². The third-order valence-electron chi connectivity index (χ3n) is 5.17. The van der Waals surface area contributed by atoms with Crippen molar-refractivity contribution in [2.45, 2.75) is 12.3 Å². The van der Waals surface area contributed by atoms with E-state index in [1.165, 1.54) is 14.2 Å². The summed E-state index contributed by atoms with van der Waals surface area (Å²) in [6.07, 6.45) is 0. The summed E-state index contributed by atoms with van der Waals surface area (Å²) in [7, 11) is 2.54. The molecule has 0 bridgehead atoms. The molecular weight excluding hydrogens is 356 g/mol. The zero-order valence-corrected chi connectivity index (χ0v) is 15.9. The van der Waals surface area contributed by atoms with Crippen LogP contribution in [0.25, 0.3) is 5.57 Å². The highest BCUT2D eigenvalue weighted by Crippen LogP contribution is 2.49. The number of rotatable bonds is 4. The summed E-state index contributed by atoms with van der Waals surface area (Å²) in [6, 6.07) is 15.7. The molecule has 5 nitrogen and oxygen atoms in total. The maximum atomic E-state index is 13.4. The van der Waals surface area contributed by atoms with E-state index in [1.54, 1.807) is 31.2 Å². The van der Waals surface area contributed by atoms with E-state index >= 15 is 0 Å². The lowest BCUT2D eigenvalue weighted by atomic mass is 9.74. The van der Waals surface area contributed by atoms with E-state index in [-0.39, 0.29) is 11.4 Å². The number of carbonyl (C=O) groups excluding carboxylic acids is 3. The van der Waals surface area contributed by atoms with Crippen LogP contribution in [0.1, 0.15) is 28.4 Å². The van der Waals surface area contributed by atoms with Crippen LogP contribution in [0.5, 0.6) is 0 Å². The summed E-state index contributed by atoms with van der Waals surface area (Å²) in [5, 5.41) is 0. The monoisotopic (exact) mass is 376 g/mol. The second kappa shape index (κ2) is 7.27. The summed E-state index contributed by atoms with van der Waals surface area (Å²) in [5.74, 6) is -1.54. The molecule has 0 heterocycles. The van der Waals surface area contributed by atoms with Gasteiger partial charge in [0.15, 0.2) is 5.78 Å². The Morgan fingerprint density at radius 2 is 1.46 bits per heavy atom. The van der Waals surface area contributed by atoms with E-state index < -0.39 is 17.4 Å². The van der Waals surface area contributed by atoms with Crippen LogP contribution in [-0.4, -0.2) is 31.9 Å². The Morgan fingerprint density at radius 3 is 2.00 bits per heavy atom. The minimum absolute atomic E-state index is 0.0373. The van der Waals surface area contributed by atoms with Crippen molar-refractivity contribution in [2.75, 3.05) is 14.2 Å². The number of hydrogen-bond acceptors (Lipinski definition) is 5. The van der Waals surface area contributed by atoms with Crippen molar-refractivity contribution in [1.82, 2.24) is 0 Å². The van der Waals surface area contributed by atoms with E-state index in [9.17, 15) is 14.4 Å². The van der Waals surface area contributed by atoms with E-state index in [1.807, 2.05) is 30.3 Å². The predicted octanol–water partition coefficient (Wildman–Crippen LogP) is 3.50. The Hall–Kier alpha value is -3.47. The fourth-order valence-corrected chi connectivity index (χ4v) is 3.48. The van der Waals surface area contributed by atoms with Gasteiger partial charge in [0.1, 0.15) is 5.57 Å². The van der Waals surface area contributed by atoms with E-state index in [2.05, 4.69) is 6.58 Å². The number of ether oxygens (including phenoxy) is 2. The fourth-order valence-electron chi connectivity index (χ4n) is 3.48. The van der Waals surface area contributed by atoms with Crippen LogP contribution in [0.4, 0.5) is 0 Å². The van der Waals surface area contributed by atoms with Crippen LogP contribution in [0.15, 0.2) is 72.3 Å². The minimum Gasteiger partial charge on any atom is -0.465 e. The molecule has 0 aromatic heterocycles. The van der Waals surface area contributed by atoms with E-state index in [0.717, 1.165) is 5.56 Å². The van der Waals surface area contributed by atoms with Gasteiger partial charge in [0.05, 0.1) is 25.2 Å². The first-order valence-electron chi connectivity index (χ1n) is 8.67. The SMILES string of the molecule is C=C1C(c2ccc(C(=O)OC)cc2)=C(C(=O)OC)C(=O)C1(C)c1ccccc1. The lowest BCUT2D eigenvalue weighted by molar-refractivity contribution is -0.138. The van der Waals surface area contributed by atoms with Crippen LogP contribution in [0, 0.1) is 0 Å². The lowest BCUT2D eigenvalue weighted by Crippen LogP contribution is -2.32. The molecule has 5 heteroatoms. The zero-order chi connectivity index (χ0) is 20.5. The normalized spacial score (nSPS) is 19.0. The molecule has 1 unspecified atom stereocenters. The molecule has 0 amide bonds. The van der Waals surface area contributed by atoms with Crippen molar-refractivity contribution in [3.63, 3.8) is 0 Å². The average molecular weight is 376 g/mol. The van der Waals surface area contributed by atoms with E-state index in [4.69, 9.17) is 9.47 Å². The van der Waals surface area contributed by atoms with Crippen molar-refractivity contribution in [3.8, 4) is 0 Å². The summed E-state index contributed by atoms with van der Waals surface area (Å²) < 4.78 is 9.59. The van der Waals surface area contributed by atoms with Crippen LogP contribution in [-0.2, 0) is 24.5 Å². The van der Waals surface area contributed by atoms with Gasteiger partial charge in [0, 0.05) is 5.57 Å². The van der Waals surface area contributed by atoms with Crippen molar-refractivity contribution >= 4 is 23.3 Å². The molecule has 0 fully saturated rings. The van der Waals surface area contributed by atoms with Gasteiger partial charge in [-0.15, -0.1) is 0 Å². The quantitative estimate of drug-likeness (QED) is 0.603. The minimum atomic E-state index is -1.08. The number of carbonyl (C=O) groups is 3. The Bertz CT molecular complexity index is 999. The molecule has 1 aliphatic rings. The Kier molecular flexibility index (Phi) is 5.01. The molecule has 2 aromatic rings. The smallest absolute Gasteiger partial charge is 0.342 e. The number of benzene rings is 2. The highest BCUT2D eigenvalue weighted by Gasteiger charge is 2.50. The Balaban J connectivity index is 2.17. The molecule has 0 radical (unpaired) electrons. The van der Waals surface area contributed by atoms with Gasteiger partial charge >= 0.3 is 11.9 Å². The Labute approximate surface area is 163 Å². The standard InChI is InChI=1S/C23H20O5/c1-14-18(15-10-12-16(13-11-15)21(25)27-3)19(22(26)28-4)20(24)23(14,2)17-8-6-5-7-9-17/h5-13H,1H2,2-4H3. The first-order chi connectivity index (χ1) is 13.4. The molecule has 0 saturated carbocycles. The molecule has 1 atom stereocenters. The maximum Gasteiger partial charge on any atom is 0.342 e. The molecule has 0 aliphatic heterocycles. The molecule has 1 aliphatic carbocycles. The predicted molar refractivity (Wildman–Crippen MR) is 105 cm³/mol. The second-order valence-corrected chi connectivity index (χ2v) is 6.61. The van der Waals surface area contributed by atoms with Gasteiger partial charge in [-0.25, -0.2) is 9.59 Å². The molecule has 2 aromatic carbocycles. The number of esters is 2. The average Bonchev–Trinajstić information content (AvgIpc) is 2.95. The largest absolute Gasteiger partial charge is 0.465 e. The number of ketones is 1. The summed E-state index contributed by atoms with van der Waals surface area (Å²) >= 11 is 0. The molecule has 3 rings (SSSR count). The molecule has 0 saturated heterocycles. The topological polar surface area (TPSA) is 69.7 Å². The van der Waals surface area contributed by atoms with Gasteiger partial charge in [0.2, 0.25) is 0 Å². The molecule has 0 N–H and O–H groups in total. The second-order valence-electron chi connectivity index (χ2n) is 6.61. The van der Waals surface area contributed by atoms with Crippen LogP contribution < -0.4 is 0 Å². The van der Waals surface area contributed by atoms with Gasteiger partial charge in [-0.2, -0.15) is 0 Å². The third kappa shape index (κ3) is 2.85. The van der Waals surface area contributed by atoms with Crippen molar-refractivity contribution in [3.05, 3.63) is 89.0 Å². The number of Topliss-reactive ketones (excluding diaryl/α,β-unsaturated/α-hetero) is 1. The molecule has 0 spiro atoms. The number of hydrogen-bond donors (Lipinski definition) is 0. The highest BCUT2D eigenvalue weighted by atomic mass is 16.5. The summed E-state index contributed by atoms with van der Waals surface area (Å²) in [4.78, 5) is 37.5. The maximum absolute atomic E-state index is 13.4. The van der Waals surface area contributed by atoms with Crippen LogP contribution >= 0.6 is 0 Å². The third-order valence-corrected chi connectivity index (χ3v) is 5.17. The van der Waals surface area contributed by atoms with Gasteiger partial charge < -0.3 is 9.47 Å². The molecular formula is C23H20O5. The molecule has 142 valence electrons. The van der Waals surface area contributed by atoms with E-state index in [0.29, 0.717) is 22.3 Å². The first-order valence-corrected chi connectivity index (χ1v) is 8.67. The summed E-state index contributed by atoms with van der Waals surface area (Å²) in [6.45, 7) is 5.91. The van der Waals surface area contributed by atoms with Crippen LogP contribution in [0.2, 0.25) is 0 Å². The molecule has 28 heavy (non-hydrogen) atoms. The lowest BCUT2D eigenvalue weighted by Gasteiger charge is -2.26. The van der Waals surface area contributed by atoms with Gasteiger partial charge in [-0.05, 0) is 35.8 Å². The fraction of sp³-hybridized carbons (Fsp3) is 0.174. The van der Waals surface area contributed by atoms with Gasteiger partial charge in [0.25, 0.3) is 0 Å². The number of methoxy groups -OCH3 is 2.